The molecule has 0 atom stereocenters. The van der Waals surface area contributed by atoms with Gasteiger partial charge in [-0.25, -0.2) is 13.6 Å². The summed E-state index contributed by atoms with van der Waals surface area (Å²) in [6.07, 6.45) is -2.46. The van der Waals surface area contributed by atoms with Gasteiger partial charge in [0.1, 0.15) is 0 Å². The number of esters is 1. The van der Waals surface area contributed by atoms with Gasteiger partial charge in [-0.2, -0.15) is 0 Å². The zero-order chi connectivity index (χ0) is 13.0. The maximum atomic E-state index is 12.0. The molecule has 0 aliphatic rings. The second-order valence-corrected chi connectivity index (χ2v) is 3.46. The van der Waals surface area contributed by atoms with Crippen LogP contribution in [-0.4, -0.2) is 26.0 Å². The zero-order valence-corrected chi connectivity index (χ0v) is 9.59. The molecular weight excluding hydrogens is 230 g/mol. The Morgan fingerprint density at radius 3 is 2.71 bits per heavy atom. The number of hydrogen-bond acceptors (Lipinski definition) is 4. The average molecular weight is 244 g/mol. The summed E-state index contributed by atoms with van der Waals surface area (Å²) in [6, 6.07) is 2.97. The predicted molar refractivity (Wildman–Crippen MR) is 61.4 cm³/mol. The molecule has 3 N–H and O–H groups in total. The Morgan fingerprint density at radius 2 is 2.18 bits per heavy atom. The fourth-order valence-electron chi connectivity index (χ4n) is 1.40. The van der Waals surface area contributed by atoms with Crippen LogP contribution >= 0.6 is 0 Å². The van der Waals surface area contributed by atoms with Gasteiger partial charge in [-0.1, -0.05) is 0 Å². The number of carbonyl (C=O) groups excluding carboxylic acids is 1. The highest BCUT2D eigenvalue weighted by Gasteiger charge is 2.14. The summed E-state index contributed by atoms with van der Waals surface area (Å²) >= 11 is 0. The van der Waals surface area contributed by atoms with E-state index < -0.39 is 18.9 Å². The Labute approximate surface area is 97.8 Å². The molecule has 0 amide bonds. The van der Waals surface area contributed by atoms with E-state index in [2.05, 4.69) is 10.1 Å². The Balaban J connectivity index is 2.98. The van der Waals surface area contributed by atoms with E-state index in [1.165, 1.54) is 19.2 Å². The summed E-state index contributed by atoms with van der Waals surface area (Å²) in [5.74, 6) is -0.505. The Morgan fingerprint density at radius 1 is 1.53 bits per heavy atom. The Kier molecular flexibility index (Phi) is 4.25. The van der Waals surface area contributed by atoms with Crippen molar-refractivity contribution < 1.29 is 18.3 Å². The highest BCUT2D eigenvalue weighted by atomic mass is 19.3. The van der Waals surface area contributed by atoms with E-state index in [0.29, 0.717) is 16.8 Å². The Hall–Kier alpha value is -1.85. The van der Waals surface area contributed by atoms with Crippen molar-refractivity contribution in [2.75, 3.05) is 24.7 Å². The van der Waals surface area contributed by atoms with Gasteiger partial charge < -0.3 is 15.8 Å². The molecule has 0 aliphatic heterocycles. The van der Waals surface area contributed by atoms with Gasteiger partial charge in [0.05, 0.1) is 30.6 Å². The van der Waals surface area contributed by atoms with Crippen molar-refractivity contribution >= 4 is 17.3 Å². The summed E-state index contributed by atoms with van der Waals surface area (Å²) in [5, 5.41) is 2.51. The van der Waals surface area contributed by atoms with E-state index in [-0.39, 0.29) is 5.69 Å². The average Bonchev–Trinajstić information content (AvgIpc) is 2.30. The lowest BCUT2D eigenvalue weighted by Crippen LogP contribution is -2.13. The second-order valence-electron chi connectivity index (χ2n) is 3.46. The lowest BCUT2D eigenvalue weighted by molar-refractivity contribution is 0.0600. The van der Waals surface area contributed by atoms with Gasteiger partial charge in [-0.05, 0) is 24.6 Å². The van der Waals surface area contributed by atoms with Crippen molar-refractivity contribution in [1.82, 2.24) is 0 Å². The van der Waals surface area contributed by atoms with E-state index >= 15 is 0 Å². The topological polar surface area (TPSA) is 64.3 Å². The molecule has 0 heterocycles. The van der Waals surface area contributed by atoms with Crippen LogP contribution in [0.1, 0.15) is 15.9 Å². The van der Waals surface area contributed by atoms with Crippen molar-refractivity contribution in [3.8, 4) is 0 Å². The van der Waals surface area contributed by atoms with Crippen LogP contribution in [-0.2, 0) is 4.74 Å². The SMILES string of the molecule is COC(=O)c1ccc(NCC(F)F)c(N)c1C. The van der Waals surface area contributed by atoms with Crippen molar-refractivity contribution in [2.45, 2.75) is 13.3 Å². The number of carbonyl (C=O) groups is 1. The second kappa shape index (κ2) is 5.47. The number of ether oxygens (including phenoxy) is 1. The van der Waals surface area contributed by atoms with Crippen molar-refractivity contribution in [3.63, 3.8) is 0 Å². The van der Waals surface area contributed by atoms with Gasteiger partial charge in [0.2, 0.25) is 0 Å². The van der Waals surface area contributed by atoms with Crippen LogP contribution in [0.5, 0.6) is 0 Å². The molecule has 1 rings (SSSR count). The fourth-order valence-corrected chi connectivity index (χ4v) is 1.40. The number of alkyl halides is 2. The van der Waals surface area contributed by atoms with Crippen molar-refractivity contribution in [1.29, 1.82) is 0 Å². The maximum absolute atomic E-state index is 12.0. The van der Waals surface area contributed by atoms with E-state index in [1.807, 2.05) is 0 Å². The van der Waals surface area contributed by atoms with Gasteiger partial charge in [0, 0.05) is 0 Å². The molecule has 0 aromatic heterocycles. The number of hydrogen-bond donors (Lipinski definition) is 2. The molecule has 6 heteroatoms. The fraction of sp³-hybridized carbons (Fsp3) is 0.364. The monoisotopic (exact) mass is 244 g/mol. The third-order valence-electron chi connectivity index (χ3n) is 2.37. The molecule has 1 aromatic carbocycles. The van der Waals surface area contributed by atoms with Crippen LogP contribution in [0.2, 0.25) is 0 Å². The summed E-state index contributed by atoms with van der Waals surface area (Å²) in [4.78, 5) is 11.3. The molecule has 0 radical (unpaired) electrons. The van der Waals surface area contributed by atoms with Gasteiger partial charge in [-0.3, -0.25) is 0 Å². The predicted octanol–water partition coefficient (Wildman–Crippen LogP) is 2.04. The van der Waals surface area contributed by atoms with E-state index in [0.717, 1.165) is 0 Å². The molecule has 0 saturated heterocycles. The minimum absolute atomic E-state index is 0.272. The molecule has 94 valence electrons. The van der Waals surface area contributed by atoms with E-state index in [4.69, 9.17) is 5.73 Å². The summed E-state index contributed by atoms with van der Waals surface area (Å²) < 4.78 is 28.7. The minimum Gasteiger partial charge on any atom is -0.465 e. The standard InChI is InChI=1S/C11H14F2N2O2/c1-6-7(11(16)17-2)3-4-8(10(6)14)15-5-9(12)13/h3-4,9,15H,5,14H2,1-2H3. The number of nitrogen functional groups attached to an aromatic ring is 1. The molecule has 17 heavy (non-hydrogen) atoms. The molecule has 0 fully saturated rings. The van der Waals surface area contributed by atoms with Gasteiger partial charge in [0.25, 0.3) is 6.43 Å². The molecule has 0 bridgehead atoms. The first-order valence-electron chi connectivity index (χ1n) is 4.96. The molecule has 0 spiro atoms. The highest BCUT2D eigenvalue weighted by Crippen LogP contribution is 2.26. The molecule has 4 nitrogen and oxygen atoms in total. The first kappa shape index (κ1) is 13.2. The number of benzene rings is 1. The van der Waals surface area contributed by atoms with Crippen LogP contribution in [0.15, 0.2) is 12.1 Å². The summed E-state index contributed by atoms with van der Waals surface area (Å²) in [6.45, 7) is 1.15. The smallest absolute Gasteiger partial charge is 0.338 e. The molecule has 0 unspecified atom stereocenters. The summed E-state index contributed by atoms with van der Waals surface area (Å²) in [7, 11) is 1.26. The van der Waals surface area contributed by atoms with E-state index in [1.54, 1.807) is 6.92 Å². The van der Waals surface area contributed by atoms with Crippen molar-refractivity contribution in [3.05, 3.63) is 23.3 Å². The highest BCUT2D eigenvalue weighted by molar-refractivity contribution is 5.94. The van der Waals surface area contributed by atoms with Crippen LogP contribution in [0.4, 0.5) is 20.2 Å². The zero-order valence-electron chi connectivity index (χ0n) is 9.59. The molecule has 0 aliphatic carbocycles. The molecule has 0 saturated carbocycles. The lowest BCUT2D eigenvalue weighted by atomic mass is 10.1. The number of halogens is 2. The van der Waals surface area contributed by atoms with Crippen LogP contribution < -0.4 is 11.1 Å². The van der Waals surface area contributed by atoms with Crippen LogP contribution in [0.25, 0.3) is 0 Å². The summed E-state index contributed by atoms with van der Waals surface area (Å²) in [5.41, 5.74) is 7.24. The number of nitrogens with one attached hydrogen (secondary N) is 1. The quantitative estimate of drug-likeness (QED) is 0.628. The number of rotatable bonds is 4. The third-order valence-corrected chi connectivity index (χ3v) is 2.37. The van der Waals surface area contributed by atoms with E-state index in [9.17, 15) is 13.6 Å². The van der Waals surface area contributed by atoms with Crippen molar-refractivity contribution in [2.24, 2.45) is 0 Å². The lowest BCUT2D eigenvalue weighted by Gasteiger charge is -2.13. The minimum atomic E-state index is -2.46. The first-order valence-corrected chi connectivity index (χ1v) is 4.96. The molecule has 1 aromatic rings. The van der Waals surface area contributed by atoms with Gasteiger partial charge in [-0.15, -0.1) is 0 Å². The number of nitrogens with two attached hydrogens (primary N) is 1. The van der Waals surface area contributed by atoms with Gasteiger partial charge >= 0.3 is 5.97 Å². The van der Waals surface area contributed by atoms with Crippen LogP contribution in [0.3, 0.4) is 0 Å². The third kappa shape index (κ3) is 3.05. The first-order chi connectivity index (χ1) is 7.97. The largest absolute Gasteiger partial charge is 0.465 e. The Bertz CT molecular complexity index is 422. The number of methoxy groups -OCH3 is 1. The normalized spacial score (nSPS) is 10.4. The molecular formula is C11H14F2N2O2. The van der Waals surface area contributed by atoms with Crippen LogP contribution in [0, 0.1) is 6.92 Å². The maximum Gasteiger partial charge on any atom is 0.338 e. The number of anilines is 2. The van der Waals surface area contributed by atoms with Gasteiger partial charge in [0.15, 0.2) is 0 Å².